The quantitative estimate of drug-likeness (QED) is 0.461. The summed E-state index contributed by atoms with van der Waals surface area (Å²) < 4.78 is 0. The highest BCUT2D eigenvalue weighted by atomic mass is 35.5. The fourth-order valence-corrected chi connectivity index (χ4v) is 1.14. The molecule has 1 heterocycles. The summed E-state index contributed by atoms with van der Waals surface area (Å²) in [6.45, 7) is 1.98. The van der Waals surface area contributed by atoms with E-state index in [9.17, 15) is 4.79 Å². The van der Waals surface area contributed by atoms with Gasteiger partial charge in [-0.05, 0) is 18.1 Å². The van der Waals surface area contributed by atoms with Gasteiger partial charge in [0.05, 0.1) is 5.69 Å². The van der Waals surface area contributed by atoms with Crippen LogP contribution in [0.25, 0.3) is 0 Å². The van der Waals surface area contributed by atoms with Gasteiger partial charge in [-0.2, -0.15) is 0 Å². The van der Waals surface area contributed by atoms with E-state index in [4.69, 9.17) is 17.3 Å². The Kier molecular flexibility index (Phi) is 4.62. The van der Waals surface area contributed by atoms with Crippen LogP contribution < -0.4 is 11.1 Å². The molecule has 0 fully saturated rings. The Bertz CT molecular complexity index is 448. The van der Waals surface area contributed by atoms with Crippen molar-refractivity contribution in [2.45, 2.75) is 13.3 Å². The van der Waals surface area contributed by atoms with Crippen LogP contribution in [-0.2, 0) is 4.79 Å². The van der Waals surface area contributed by atoms with Crippen LogP contribution in [0.15, 0.2) is 12.1 Å². The predicted octanol–water partition coefficient (Wildman–Crippen LogP) is 1.19. The van der Waals surface area contributed by atoms with Crippen molar-refractivity contribution < 1.29 is 4.79 Å². The number of pyridine rings is 1. The van der Waals surface area contributed by atoms with Gasteiger partial charge in [0.25, 0.3) is 0 Å². The zero-order valence-electron chi connectivity index (χ0n) is 8.88. The lowest BCUT2D eigenvalue weighted by atomic mass is 10.3. The van der Waals surface area contributed by atoms with Crippen LogP contribution in [-0.4, -0.2) is 17.4 Å². The molecule has 0 atom stereocenters. The minimum absolute atomic E-state index is 0.0674. The molecule has 84 valence electrons. The molecule has 0 spiro atoms. The van der Waals surface area contributed by atoms with E-state index in [2.05, 4.69) is 22.1 Å². The maximum atomic E-state index is 10.6. The number of hydrogen-bond donors (Lipinski definition) is 2. The second-order valence-corrected chi connectivity index (χ2v) is 3.49. The molecule has 1 amide bonds. The van der Waals surface area contributed by atoms with Gasteiger partial charge < -0.3 is 11.1 Å². The zero-order valence-corrected chi connectivity index (χ0v) is 9.64. The third-order valence-electron chi connectivity index (χ3n) is 1.72. The Morgan fingerprint density at radius 2 is 2.38 bits per heavy atom. The molecule has 1 rings (SSSR count). The average molecular weight is 238 g/mol. The van der Waals surface area contributed by atoms with Crippen molar-refractivity contribution in [3.05, 3.63) is 23.0 Å². The van der Waals surface area contributed by atoms with Gasteiger partial charge in [-0.15, -0.1) is 0 Å². The summed E-state index contributed by atoms with van der Waals surface area (Å²) in [4.78, 5) is 14.6. The first-order chi connectivity index (χ1) is 7.59. The molecule has 4 nitrogen and oxygen atoms in total. The van der Waals surface area contributed by atoms with Gasteiger partial charge in [0.1, 0.15) is 10.8 Å². The summed E-state index contributed by atoms with van der Waals surface area (Å²) in [7, 11) is 0. The Balaban J connectivity index is 2.56. The molecule has 0 aliphatic rings. The van der Waals surface area contributed by atoms with E-state index in [-0.39, 0.29) is 5.91 Å². The number of carbonyl (C=O) groups excluding carboxylic acids is 1. The first-order valence-electron chi connectivity index (χ1n) is 4.75. The molecule has 0 bridgehead atoms. The van der Waals surface area contributed by atoms with Crippen molar-refractivity contribution in [2.24, 2.45) is 0 Å². The molecule has 0 aromatic carbocycles. The number of aromatic nitrogens is 1. The van der Waals surface area contributed by atoms with Crippen LogP contribution in [0.3, 0.4) is 0 Å². The van der Waals surface area contributed by atoms with Gasteiger partial charge in [0.2, 0.25) is 5.91 Å². The molecule has 3 N–H and O–H groups in total. The van der Waals surface area contributed by atoms with E-state index >= 15 is 0 Å². The van der Waals surface area contributed by atoms with E-state index in [1.807, 2.05) is 0 Å². The Hall–Kier alpha value is -1.73. The summed E-state index contributed by atoms with van der Waals surface area (Å²) >= 11 is 5.71. The first kappa shape index (κ1) is 12.3. The lowest BCUT2D eigenvalue weighted by Crippen LogP contribution is -2.20. The van der Waals surface area contributed by atoms with Crippen LogP contribution in [0.4, 0.5) is 5.69 Å². The van der Waals surface area contributed by atoms with E-state index in [1.165, 1.54) is 6.92 Å². The lowest BCUT2D eigenvalue weighted by Gasteiger charge is -1.97. The fourth-order valence-electron chi connectivity index (χ4n) is 0.993. The molecule has 0 unspecified atom stereocenters. The highest BCUT2D eigenvalue weighted by Gasteiger charge is 1.97. The SMILES string of the molecule is CC(=O)NCCC#Cc1nc(Cl)ccc1N. The maximum absolute atomic E-state index is 10.6. The molecule has 1 aromatic heterocycles. The summed E-state index contributed by atoms with van der Waals surface area (Å²) in [5, 5.41) is 3.00. The van der Waals surface area contributed by atoms with Crippen molar-refractivity contribution in [3.8, 4) is 11.8 Å². The molecule has 5 heteroatoms. The second-order valence-electron chi connectivity index (χ2n) is 3.11. The topological polar surface area (TPSA) is 68.0 Å². The molecule has 1 aromatic rings. The first-order valence-corrected chi connectivity index (χ1v) is 5.12. The molecule has 0 aliphatic heterocycles. The minimum Gasteiger partial charge on any atom is -0.396 e. The van der Waals surface area contributed by atoms with Gasteiger partial charge in [-0.25, -0.2) is 4.98 Å². The predicted molar refractivity (Wildman–Crippen MR) is 63.8 cm³/mol. The standard InChI is InChI=1S/C11H12ClN3O/c1-8(16)14-7-3-2-4-10-9(13)5-6-11(12)15-10/h5-6H,3,7,13H2,1H3,(H,14,16). The molecule has 16 heavy (non-hydrogen) atoms. The highest BCUT2D eigenvalue weighted by Crippen LogP contribution is 2.11. The monoisotopic (exact) mass is 237 g/mol. The van der Waals surface area contributed by atoms with Gasteiger partial charge in [-0.1, -0.05) is 17.5 Å². The van der Waals surface area contributed by atoms with E-state index in [1.54, 1.807) is 12.1 Å². The third-order valence-corrected chi connectivity index (χ3v) is 1.93. The van der Waals surface area contributed by atoms with Crippen LogP contribution in [0.1, 0.15) is 19.0 Å². The number of rotatable bonds is 2. The normalized spacial score (nSPS) is 9.12. The van der Waals surface area contributed by atoms with Crippen LogP contribution >= 0.6 is 11.6 Å². The Morgan fingerprint density at radius 3 is 3.06 bits per heavy atom. The van der Waals surface area contributed by atoms with Crippen LogP contribution in [0.5, 0.6) is 0 Å². The molecule has 0 aliphatic carbocycles. The highest BCUT2D eigenvalue weighted by molar-refractivity contribution is 6.29. The van der Waals surface area contributed by atoms with Crippen molar-refractivity contribution >= 4 is 23.2 Å². The van der Waals surface area contributed by atoms with Crippen LogP contribution in [0, 0.1) is 11.8 Å². The van der Waals surface area contributed by atoms with Crippen molar-refractivity contribution in [1.82, 2.24) is 10.3 Å². The zero-order chi connectivity index (χ0) is 12.0. The number of amides is 1. The third kappa shape index (κ3) is 4.20. The van der Waals surface area contributed by atoms with Crippen molar-refractivity contribution in [3.63, 3.8) is 0 Å². The summed E-state index contributed by atoms with van der Waals surface area (Å²) in [5.41, 5.74) is 6.62. The Morgan fingerprint density at radius 1 is 1.62 bits per heavy atom. The fraction of sp³-hybridized carbons (Fsp3) is 0.273. The van der Waals surface area contributed by atoms with E-state index < -0.39 is 0 Å². The molecular formula is C11H12ClN3O. The number of nitrogen functional groups attached to an aromatic ring is 1. The van der Waals surface area contributed by atoms with Crippen LogP contribution in [0.2, 0.25) is 5.15 Å². The van der Waals surface area contributed by atoms with Gasteiger partial charge in [-0.3, -0.25) is 4.79 Å². The van der Waals surface area contributed by atoms with Gasteiger partial charge >= 0.3 is 0 Å². The molecule has 0 saturated heterocycles. The number of nitrogens with zero attached hydrogens (tertiary/aromatic N) is 1. The van der Waals surface area contributed by atoms with Gasteiger partial charge in [0.15, 0.2) is 0 Å². The number of nitrogens with one attached hydrogen (secondary N) is 1. The van der Waals surface area contributed by atoms with Crippen molar-refractivity contribution in [1.29, 1.82) is 0 Å². The summed E-state index contributed by atoms with van der Waals surface area (Å²) in [6, 6.07) is 3.27. The summed E-state index contributed by atoms with van der Waals surface area (Å²) in [5.74, 6) is 5.60. The Labute approximate surface area is 99.2 Å². The smallest absolute Gasteiger partial charge is 0.216 e. The maximum Gasteiger partial charge on any atom is 0.216 e. The number of carbonyl (C=O) groups is 1. The number of hydrogen-bond acceptors (Lipinski definition) is 3. The van der Waals surface area contributed by atoms with E-state index in [0.717, 1.165) is 0 Å². The minimum atomic E-state index is -0.0674. The van der Waals surface area contributed by atoms with Gasteiger partial charge in [0, 0.05) is 19.9 Å². The average Bonchev–Trinajstić information content (AvgIpc) is 2.22. The number of anilines is 1. The second kappa shape index (κ2) is 5.99. The largest absolute Gasteiger partial charge is 0.396 e. The lowest BCUT2D eigenvalue weighted by molar-refractivity contribution is -0.118. The van der Waals surface area contributed by atoms with Crippen molar-refractivity contribution in [2.75, 3.05) is 12.3 Å². The molecule has 0 saturated carbocycles. The summed E-state index contributed by atoms with van der Waals surface area (Å²) in [6.07, 6.45) is 0.549. The number of halogens is 1. The molecular weight excluding hydrogens is 226 g/mol. The van der Waals surface area contributed by atoms with E-state index in [0.29, 0.717) is 29.5 Å². The molecule has 0 radical (unpaired) electrons. The number of nitrogens with two attached hydrogens (primary N) is 1.